The van der Waals surface area contributed by atoms with Crippen LogP contribution in [0.5, 0.6) is 0 Å². The Balaban J connectivity index is 1.12. The summed E-state index contributed by atoms with van der Waals surface area (Å²) < 4.78 is 9.43. The van der Waals surface area contributed by atoms with Crippen molar-refractivity contribution in [3.05, 3.63) is 206 Å². The maximum absolute atomic E-state index is 5.84. The first-order chi connectivity index (χ1) is 30.8. The summed E-state index contributed by atoms with van der Waals surface area (Å²) in [6.07, 6.45) is 0. The topological polar surface area (TPSA) is 45.5 Å². The van der Waals surface area contributed by atoms with Crippen LogP contribution in [0.1, 0.15) is 0 Å². The van der Waals surface area contributed by atoms with E-state index in [1.54, 1.807) is 0 Å². The van der Waals surface area contributed by atoms with E-state index in [0.717, 1.165) is 77.9 Å². The van der Waals surface area contributed by atoms with Crippen molar-refractivity contribution in [2.45, 2.75) is 0 Å². The molecule has 0 spiro atoms. The van der Waals surface area contributed by atoms with Crippen LogP contribution >= 0.6 is 0 Å². The number of fused-ring (bicyclic) bond motifs is 13. The number of hydrogen-bond acceptors (Lipinski definition) is 2. The Morgan fingerprint density at radius 1 is 0.242 bits per heavy atom. The molecule has 14 rings (SSSR count). The molecule has 0 aliphatic rings. The third-order valence-electron chi connectivity index (χ3n) is 12.9. The predicted molar refractivity (Wildman–Crippen MR) is 257 cm³/mol. The minimum Gasteiger partial charge on any atom is -0.309 e. The molecule has 0 radical (unpaired) electrons. The monoisotopic (exact) mass is 790 g/mol. The smallest absolute Gasteiger partial charge is 0.165 e. The predicted octanol–water partition coefficient (Wildman–Crippen LogP) is 14.0. The van der Waals surface area contributed by atoms with Gasteiger partial charge >= 0.3 is 0 Å². The largest absolute Gasteiger partial charge is 0.309 e. The molecule has 288 valence electrons. The first kappa shape index (κ1) is 33.4. The Morgan fingerprint density at radius 2 is 0.565 bits per heavy atom. The van der Waals surface area contributed by atoms with E-state index in [1.807, 2.05) is 0 Å². The number of rotatable bonds is 4. The fourth-order valence-electron chi connectivity index (χ4n) is 10.4. The van der Waals surface area contributed by atoms with Gasteiger partial charge in [-0.05, 0) is 72.8 Å². The molecule has 0 saturated heterocycles. The molecular formula is C56H34N6. The van der Waals surface area contributed by atoms with Gasteiger partial charge in [-0.2, -0.15) is 0 Å². The summed E-state index contributed by atoms with van der Waals surface area (Å²) in [5.41, 5.74) is 15.3. The Kier molecular flexibility index (Phi) is 6.74. The normalized spacial score (nSPS) is 12.2. The quantitative estimate of drug-likeness (QED) is 0.178. The van der Waals surface area contributed by atoms with Crippen molar-refractivity contribution in [3.63, 3.8) is 0 Å². The molecule has 5 aromatic heterocycles. The molecule has 0 unspecified atom stereocenters. The van der Waals surface area contributed by atoms with Gasteiger partial charge in [0.05, 0.1) is 50.0 Å². The van der Waals surface area contributed by atoms with E-state index in [9.17, 15) is 0 Å². The van der Waals surface area contributed by atoms with Crippen molar-refractivity contribution in [2.75, 3.05) is 0 Å². The van der Waals surface area contributed by atoms with Crippen LogP contribution in [0.3, 0.4) is 0 Å². The lowest BCUT2D eigenvalue weighted by Crippen LogP contribution is -2.04. The van der Waals surface area contributed by atoms with Crippen molar-refractivity contribution in [1.29, 1.82) is 0 Å². The second-order valence-electron chi connectivity index (χ2n) is 16.2. The molecule has 6 nitrogen and oxygen atoms in total. The molecule has 0 atom stereocenters. The van der Waals surface area contributed by atoms with Gasteiger partial charge in [0.25, 0.3) is 0 Å². The summed E-state index contributed by atoms with van der Waals surface area (Å²) in [4.78, 5) is 11.6. The fraction of sp³-hybridized carbons (Fsp3) is 0. The van der Waals surface area contributed by atoms with Crippen LogP contribution in [0.15, 0.2) is 206 Å². The van der Waals surface area contributed by atoms with Crippen molar-refractivity contribution in [1.82, 2.24) is 28.2 Å². The van der Waals surface area contributed by atoms with Gasteiger partial charge < -0.3 is 13.7 Å². The molecule has 5 heterocycles. The van der Waals surface area contributed by atoms with Gasteiger partial charge in [-0.15, -0.1) is 0 Å². The molecule has 0 amide bonds. The minimum absolute atomic E-state index is 0.805. The summed E-state index contributed by atoms with van der Waals surface area (Å²) in [5.74, 6) is 0. The number of hydrogen-bond donors (Lipinski definition) is 0. The number of para-hydroxylation sites is 7. The highest BCUT2D eigenvalue weighted by molar-refractivity contribution is 6.15. The molecule has 14 aromatic rings. The highest BCUT2D eigenvalue weighted by Crippen LogP contribution is 2.41. The maximum Gasteiger partial charge on any atom is 0.165 e. The molecule has 0 bridgehead atoms. The number of nitrogens with zero attached hydrogens (tertiary/aromatic N) is 6. The standard InChI is InChI=1S/C56H34N6/c1-8-25-44-37(18-1)38-19-2-9-26-45(38)59(44)35-16-15-17-36(34-35)60-50-31-14-7-24-43(50)53-56(60)58-55-52(62-48-29-12-5-22-41(48)42-23-6-13-30-49(42)62)33-32-51(54(55)57-53)61-46-27-10-3-20-39(46)40-21-4-11-28-47(40)61/h1-34H. The maximum atomic E-state index is 5.84. The van der Waals surface area contributed by atoms with Gasteiger partial charge in [-0.1, -0.05) is 133 Å². The van der Waals surface area contributed by atoms with Crippen LogP contribution in [0.2, 0.25) is 0 Å². The molecule has 0 saturated carbocycles. The van der Waals surface area contributed by atoms with Crippen molar-refractivity contribution in [2.24, 2.45) is 0 Å². The lowest BCUT2D eigenvalue weighted by molar-refractivity contribution is 1.10. The first-order valence-corrected chi connectivity index (χ1v) is 21.1. The molecule has 0 aliphatic carbocycles. The summed E-state index contributed by atoms with van der Waals surface area (Å²) in [7, 11) is 0. The first-order valence-electron chi connectivity index (χ1n) is 21.1. The van der Waals surface area contributed by atoms with E-state index in [0.29, 0.717) is 0 Å². The molecular weight excluding hydrogens is 757 g/mol. The molecule has 0 aliphatic heterocycles. The molecule has 0 fully saturated rings. The summed E-state index contributed by atoms with van der Waals surface area (Å²) in [6.45, 7) is 0. The minimum atomic E-state index is 0.805. The third-order valence-corrected chi connectivity index (χ3v) is 12.9. The van der Waals surface area contributed by atoms with Crippen molar-refractivity contribution in [3.8, 4) is 22.7 Å². The zero-order valence-corrected chi connectivity index (χ0v) is 33.3. The van der Waals surface area contributed by atoms with Gasteiger partial charge in [0, 0.05) is 49.1 Å². The van der Waals surface area contributed by atoms with Crippen LogP contribution < -0.4 is 0 Å². The van der Waals surface area contributed by atoms with E-state index >= 15 is 0 Å². The Hall–Kier alpha value is -8.48. The molecule has 0 N–H and O–H groups in total. The third kappa shape index (κ3) is 4.47. The van der Waals surface area contributed by atoms with Gasteiger partial charge in [-0.25, -0.2) is 9.97 Å². The molecule has 6 heteroatoms. The Morgan fingerprint density at radius 3 is 0.984 bits per heavy atom. The lowest BCUT2D eigenvalue weighted by atomic mass is 10.1. The Labute approximate surface area is 354 Å². The van der Waals surface area contributed by atoms with Gasteiger partial charge in [0.2, 0.25) is 0 Å². The van der Waals surface area contributed by atoms with Gasteiger partial charge in [0.15, 0.2) is 5.65 Å². The van der Waals surface area contributed by atoms with Crippen molar-refractivity contribution >= 4 is 98.5 Å². The van der Waals surface area contributed by atoms with Crippen LogP contribution in [0.25, 0.3) is 121 Å². The van der Waals surface area contributed by atoms with Gasteiger partial charge in [0.1, 0.15) is 16.6 Å². The van der Waals surface area contributed by atoms with E-state index in [4.69, 9.17) is 9.97 Å². The fourth-order valence-corrected chi connectivity index (χ4v) is 10.4. The summed E-state index contributed by atoms with van der Waals surface area (Å²) in [5, 5.41) is 8.33. The molecule has 9 aromatic carbocycles. The zero-order chi connectivity index (χ0) is 40.5. The highest BCUT2D eigenvalue weighted by Gasteiger charge is 2.24. The number of aromatic nitrogens is 6. The summed E-state index contributed by atoms with van der Waals surface area (Å²) >= 11 is 0. The van der Waals surface area contributed by atoms with E-state index < -0.39 is 0 Å². The number of benzene rings is 9. The second-order valence-corrected chi connectivity index (χ2v) is 16.2. The second kappa shape index (κ2) is 12.5. The van der Waals surface area contributed by atoms with Crippen LogP contribution in [-0.4, -0.2) is 28.2 Å². The van der Waals surface area contributed by atoms with E-state index in [2.05, 4.69) is 225 Å². The van der Waals surface area contributed by atoms with Crippen LogP contribution in [-0.2, 0) is 0 Å². The Bertz CT molecular complexity index is 4020. The van der Waals surface area contributed by atoms with Crippen LogP contribution in [0, 0.1) is 0 Å². The van der Waals surface area contributed by atoms with E-state index in [-0.39, 0.29) is 0 Å². The SMILES string of the molecule is c1cc(-n2c3ccccc3c3ccccc32)cc(-n2c3ccccc3c3nc4c(-n5c6ccccc6c6ccccc65)ccc(-n5c6ccccc6c6ccccc65)c4nc32)c1. The van der Waals surface area contributed by atoms with Crippen molar-refractivity contribution < 1.29 is 0 Å². The van der Waals surface area contributed by atoms with E-state index in [1.165, 1.54) is 43.4 Å². The highest BCUT2D eigenvalue weighted by atomic mass is 15.1. The van der Waals surface area contributed by atoms with Gasteiger partial charge in [-0.3, -0.25) is 4.57 Å². The zero-order valence-electron chi connectivity index (χ0n) is 33.3. The molecule has 62 heavy (non-hydrogen) atoms. The average Bonchev–Trinajstić information content (AvgIpc) is 4.06. The van der Waals surface area contributed by atoms with Crippen LogP contribution in [0.4, 0.5) is 0 Å². The average molecular weight is 791 g/mol. The lowest BCUT2D eigenvalue weighted by Gasteiger charge is -2.16. The summed E-state index contributed by atoms with van der Waals surface area (Å²) in [6, 6.07) is 74.0.